The molecule has 2 aromatic rings. The third-order valence-corrected chi connectivity index (χ3v) is 9.66. The van der Waals surface area contributed by atoms with E-state index < -0.39 is 26.6 Å². The third kappa shape index (κ3) is 4.82. The summed E-state index contributed by atoms with van der Waals surface area (Å²) in [5.41, 5.74) is 2.99. The molecule has 2 amide bonds. The van der Waals surface area contributed by atoms with Crippen LogP contribution in [0.3, 0.4) is 0 Å². The van der Waals surface area contributed by atoms with Gasteiger partial charge in [0.2, 0.25) is 5.91 Å². The molecule has 31 heavy (non-hydrogen) atoms. The summed E-state index contributed by atoms with van der Waals surface area (Å²) < 4.78 is 29.8. The number of hydrogen-bond acceptors (Lipinski definition) is 7. The molecule has 1 saturated heterocycles. The minimum Gasteiger partial charge on any atom is -0.372 e. The molecule has 2 atom stereocenters. The topological polar surface area (TPSA) is 122 Å². The molecular weight excluding hydrogens is 440 g/mol. The smallest absolute Gasteiger partial charge is 0.253 e. The van der Waals surface area contributed by atoms with Gasteiger partial charge in [0.25, 0.3) is 5.91 Å². The van der Waals surface area contributed by atoms with Gasteiger partial charge in [-0.1, -0.05) is 18.6 Å². The van der Waals surface area contributed by atoms with Crippen molar-refractivity contribution in [1.29, 1.82) is 0 Å². The Kier molecular flexibility index (Phi) is 7.15. The first kappa shape index (κ1) is 23.4. The molecule has 1 aromatic heterocycles. The lowest BCUT2D eigenvalue weighted by molar-refractivity contribution is -0.130. The fourth-order valence-electron chi connectivity index (χ4n) is 3.75. The summed E-state index contributed by atoms with van der Waals surface area (Å²) in [6.45, 7) is 1.65. The van der Waals surface area contributed by atoms with Crippen molar-refractivity contribution in [3.63, 3.8) is 0 Å². The zero-order valence-electron chi connectivity index (χ0n) is 17.4. The van der Waals surface area contributed by atoms with Crippen LogP contribution in [0.1, 0.15) is 37.5 Å². The van der Waals surface area contributed by atoms with E-state index >= 15 is 0 Å². The van der Waals surface area contributed by atoms with E-state index in [1.165, 1.54) is 18.4 Å². The number of hydroxylamine groups is 1. The largest absolute Gasteiger partial charge is 0.372 e. The predicted molar refractivity (Wildman–Crippen MR) is 119 cm³/mol. The van der Waals surface area contributed by atoms with Gasteiger partial charge in [-0.05, 0) is 49.6 Å². The lowest BCUT2D eigenvalue weighted by Gasteiger charge is -2.35. The predicted octanol–water partition coefficient (Wildman–Crippen LogP) is 3.08. The highest BCUT2D eigenvalue weighted by Gasteiger charge is 2.49. The minimum atomic E-state index is -3.58. The van der Waals surface area contributed by atoms with E-state index in [4.69, 9.17) is 9.94 Å². The van der Waals surface area contributed by atoms with Crippen LogP contribution in [0.4, 0.5) is 5.69 Å². The monoisotopic (exact) mass is 466 g/mol. The molecule has 1 aliphatic rings. The Morgan fingerprint density at radius 2 is 2.03 bits per heavy atom. The Morgan fingerprint density at radius 1 is 1.26 bits per heavy atom. The van der Waals surface area contributed by atoms with Crippen LogP contribution in [-0.4, -0.2) is 44.4 Å². The maximum atomic E-state index is 13.1. The number of ether oxygens (including phenoxy) is 1. The van der Waals surface area contributed by atoms with E-state index in [0.29, 0.717) is 29.8 Å². The number of amides is 2. The molecule has 10 heteroatoms. The van der Waals surface area contributed by atoms with Crippen molar-refractivity contribution in [3.8, 4) is 10.4 Å². The maximum Gasteiger partial charge on any atom is 0.253 e. The molecular formula is C21H26N2O6S2. The zero-order chi connectivity index (χ0) is 22.6. The molecule has 3 N–H and O–H groups in total. The maximum absolute atomic E-state index is 13.1. The van der Waals surface area contributed by atoms with Crippen molar-refractivity contribution in [3.05, 3.63) is 41.3 Å². The fourth-order valence-corrected chi connectivity index (χ4v) is 7.53. The second kappa shape index (κ2) is 9.47. The van der Waals surface area contributed by atoms with Crippen molar-refractivity contribution in [2.24, 2.45) is 0 Å². The Hall–Kier alpha value is -2.27. The Labute approximate surface area is 185 Å². The van der Waals surface area contributed by atoms with Gasteiger partial charge in [0.05, 0.1) is 12.2 Å². The van der Waals surface area contributed by atoms with Crippen LogP contribution in [0, 0.1) is 0 Å². The van der Waals surface area contributed by atoms with Crippen molar-refractivity contribution in [2.45, 2.75) is 43.5 Å². The summed E-state index contributed by atoms with van der Waals surface area (Å²) in [6, 6.07) is 10.8. The fraction of sp³-hybridized carbons (Fsp3) is 0.429. The summed E-state index contributed by atoms with van der Waals surface area (Å²) in [6.07, 6.45) is 0.658. The number of sulfone groups is 1. The first-order chi connectivity index (χ1) is 14.7. The van der Waals surface area contributed by atoms with E-state index in [1.54, 1.807) is 36.7 Å². The summed E-state index contributed by atoms with van der Waals surface area (Å²) in [4.78, 5) is 25.5. The summed E-state index contributed by atoms with van der Waals surface area (Å²) in [7, 11) is -2.12. The van der Waals surface area contributed by atoms with Crippen LogP contribution in [0.2, 0.25) is 0 Å². The number of hydrogen-bond donors (Lipinski definition) is 3. The van der Waals surface area contributed by atoms with Crippen molar-refractivity contribution < 1.29 is 28.0 Å². The van der Waals surface area contributed by atoms with Crippen LogP contribution in [-0.2, 0) is 28.9 Å². The molecule has 0 spiro atoms. The number of carbonyl (C=O) groups excluding carboxylic acids is 2. The van der Waals surface area contributed by atoms with Crippen LogP contribution in [0.15, 0.2) is 36.4 Å². The van der Waals surface area contributed by atoms with Gasteiger partial charge in [-0.2, -0.15) is 0 Å². The molecule has 0 radical (unpaired) electrons. The standard InChI is InChI=1S/C21H26N2O6S2/c1-14(29-2)20(25)22-16-7-5-6-15(12-16)17-8-9-18(30-17)21(13-19(24)23-26)10-3-4-11-31(21,27)28/h5-9,12,14,26H,3-4,10-11,13H2,1-2H3,(H,22,25)(H,23,24)/t14-,21+/m1/s1. The molecule has 8 nitrogen and oxygen atoms in total. The van der Waals surface area contributed by atoms with Gasteiger partial charge in [-0.3, -0.25) is 14.8 Å². The zero-order valence-corrected chi connectivity index (χ0v) is 19.0. The summed E-state index contributed by atoms with van der Waals surface area (Å²) >= 11 is 1.31. The average Bonchev–Trinajstić information content (AvgIpc) is 3.25. The molecule has 2 heterocycles. The summed E-state index contributed by atoms with van der Waals surface area (Å²) in [5, 5.41) is 11.8. The molecule has 0 unspecified atom stereocenters. The lowest BCUT2D eigenvalue weighted by Crippen LogP contribution is -2.43. The number of thiophene rings is 1. The van der Waals surface area contributed by atoms with Gasteiger partial charge < -0.3 is 10.1 Å². The lowest BCUT2D eigenvalue weighted by atomic mass is 9.94. The first-order valence-corrected chi connectivity index (χ1v) is 12.4. The van der Waals surface area contributed by atoms with Gasteiger partial charge in [0, 0.05) is 22.6 Å². The van der Waals surface area contributed by atoms with Gasteiger partial charge in [-0.15, -0.1) is 11.3 Å². The van der Waals surface area contributed by atoms with Crippen molar-refractivity contribution >= 4 is 38.7 Å². The Morgan fingerprint density at radius 3 is 2.71 bits per heavy atom. The van der Waals surface area contributed by atoms with E-state index in [-0.39, 0.29) is 18.1 Å². The van der Waals surface area contributed by atoms with Gasteiger partial charge in [-0.25, -0.2) is 13.9 Å². The van der Waals surface area contributed by atoms with Crippen molar-refractivity contribution in [1.82, 2.24) is 5.48 Å². The highest BCUT2D eigenvalue weighted by Crippen LogP contribution is 2.47. The number of methoxy groups -OCH3 is 1. The Bertz CT molecular complexity index is 1070. The van der Waals surface area contributed by atoms with Gasteiger partial charge in [0.1, 0.15) is 10.9 Å². The van der Waals surface area contributed by atoms with Crippen LogP contribution in [0.25, 0.3) is 10.4 Å². The Balaban J connectivity index is 1.95. The third-order valence-electron chi connectivity index (χ3n) is 5.60. The molecule has 0 bridgehead atoms. The second-order valence-electron chi connectivity index (χ2n) is 7.59. The number of nitrogens with one attached hydrogen (secondary N) is 2. The normalized spacial score (nSPS) is 21.3. The van der Waals surface area contributed by atoms with E-state index in [9.17, 15) is 18.0 Å². The first-order valence-electron chi connectivity index (χ1n) is 9.92. The number of benzene rings is 1. The second-order valence-corrected chi connectivity index (χ2v) is 11.1. The van der Waals surface area contributed by atoms with Crippen LogP contribution >= 0.6 is 11.3 Å². The highest BCUT2D eigenvalue weighted by atomic mass is 32.2. The van der Waals surface area contributed by atoms with Crippen LogP contribution < -0.4 is 10.8 Å². The highest BCUT2D eigenvalue weighted by molar-refractivity contribution is 7.92. The van der Waals surface area contributed by atoms with Crippen LogP contribution in [0.5, 0.6) is 0 Å². The van der Waals surface area contributed by atoms with Gasteiger partial charge in [0.15, 0.2) is 9.84 Å². The summed E-state index contributed by atoms with van der Waals surface area (Å²) in [5.74, 6) is -0.982. The van der Waals surface area contributed by atoms with E-state index in [1.807, 2.05) is 12.1 Å². The molecule has 1 aromatic carbocycles. The van der Waals surface area contributed by atoms with Crippen molar-refractivity contribution in [2.75, 3.05) is 18.2 Å². The minimum absolute atomic E-state index is 0.0120. The molecule has 168 valence electrons. The molecule has 1 fully saturated rings. The number of carbonyl (C=O) groups is 2. The molecule has 3 rings (SSSR count). The molecule has 1 aliphatic heterocycles. The quantitative estimate of drug-likeness (QED) is 0.426. The van der Waals surface area contributed by atoms with E-state index in [2.05, 4.69) is 5.32 Å². The molecule has 0 aliphatic carbocycles. The average molecular weight is 467 g/mol. The van der Waals surface area contributed by atoms with Gasteiger partial charge >= 0.3 is 0 Å². The molecule has 0 saturated carbocycles. The number of rotatable bonds is 7. The number of anilines is 1. The van der Waals surface area contributed by atoms with E-state index in [0.717, 1.165) is 10.4 Å². The SMILES string of the molecule is CO[C@H](C)C(=O)Nc1cccc(-c2ccc([C@@]3(CC(=O)NO)CCCCS3(=O)=O)s2)c1.